The van der Waals surface area contributed by atoms with E-state index in [0.29, 0.717) is 6.61 Å². The highest BCUT2D eigenvalue weighted by Crippen LogP contribution is 2.33. The third kappa shape index (κ3) is 2.36. The zero-order chi connectivity index (χ0) is 13.4. The van der Waals surface area contributed by atoms with E-state index in [2.05, 4.69) is 5.10 Å². The van der Waals surface area contributed by atoms with Gasteiger partial charge in [-0.2, -0.15) is 5.10 Å². The molecular weight excluding hydrogens is 240 g/mol. The summed E-state index contributed by atoms with van der Waals surface area (Å²) in [5, 5.41) is 14.1. The minimum Gasteiger partial charge on any atom is -0.487 e. The van der Waals surface area contributed by atoms with Gasteiger partial charge in [-0.25, -0.2) is 0 Å². The van der Waals surface area contributed by atoms with E-state index in [4.69, 9.17) is 4.74 Å². The molecule has 0 radical (unpaired) electrons. The van der Waals surface area contributed by atoms with E-state index in [1.54, 1.807) is 0 Å². The van der Waals surface area contributed by atoms with Crippen molar-refractivity contribution in [3.63, 3.8) is 0 Å². The molecule has 4 heteroatoms. The number of hydrogen-bond donors (Lipinski definition) is 1. The van der Waals surface area contributed by atoms with Gasteiger partial charge in [-0.3, -0.25) is 4.68 Å². The maximum Gasteiger partial charge on any atom is 0.130 e. The molecule has 3 rings (SSSR count). The summed E-state index contributed by atoms with van der Waals surface area (Å²) < 4.78 is 7.64. The second-order valence-corrected chi connectivity index (χ2v) is 5.10. The summed E-state index contributed by atoms with van der Waals surface area (Å²) in [7, 11) is 1.92. The molecule has 0 spiro atoms. The largest absolute Gasteiger partial charge is 0.487 e. The van der Waals surface area contributed by atoms with E-state index in [0.717, 1.165) is 35.5 Å². The molecule has 0 saturated heterocycles. The number of hydrogen-bond acceptors (Lipinski definition) is 3. The Kier molecular flexibility index (Phi) is 3.03. The summed E-state index contributed by atoms with van der Waals surface area (Å²) in [5.74, 6) is 0.853. The number of nitrogens with zero attached hydrogens (tertiary/aromatic N) is 2. The highest BCUT2D eigenvalue weighted by Gasteiger charge is 2.20. The average Bonchev–Trinajstić information content (AvgIpc) is 2.90. The summed E-state index contributed by atoms with van der Waals surface area (Å²) in [6, 6.07) is 7.96. The van der Waals surface area contributed by atoms with Gasteiger partial charge in [0.2, 0.25) is 0 Å². The van der Waals surface area contributed by atoms with Gasteiger partial charge in [0.1, 0.15) is 12.4 Å². The Morgan fingerprint density at radius 2 is 2.26 bits per heavy atom. The Bertz CT molecular complexity index is 604. The lowest BCUT2D eigenvalue weighted by Crippen LogP contribution is -2.03. The van der Waals surface area contributed by atoms with Crippen molar-refractivity contribution in [1.29, 1.82) is 0 Å². The molecule has 0 amide bonds. The maximum atomic E-state index is 9.77. The van der Waals surface area contributed by atoms with Gasteiger partial charge in [0.15, 0.2) is 0 Å². The Morgan fingerprint density at radius 1 is 1.42 bits per heavy atom. The predicted molar refractivity (Wildman–Crippen MR) is 72.0 cm³/mol. The fourth-order valence-electron chi connectivity index (χ4n) is 2.62. The van der Waals surface area contributed by atoms with E-state index < -0.39 is 0 Å². The summed E-state index contributed by atoms with van der Waals surface area (Å²) in [6.45, 7) is 2.49. The first-order valence-electron chi connectivity index (χ1n) is 6.56. The van der Waals surface area contributed by atoms with Crippen molar-refractivity contribution in [2.24, 2.45) is 7.05 Å². The van der Waals surface area contributed by atoms with Crippen LogP contribution < -0.4 is 4.74 Å². The van der Waals surface area contributed by atoms with Gasteiger partial charge in [0.25, 0.3) is 0 Å². The van der Waals surface area contributed by atoms with Crippen LogP contribution in [0.5, 0.6) is 5.75 Å². The van der Waals surface area contributed by atoms with Gasteiger partial charge in [0.05, 0.1) is 17.5 Å². The first kappa shape index (κ1) is 12.2. The third-order valence-corrected chi connectivity index (χ3v) is 3.65. The molecule has 0 fully saturated rings. The highest BCUT2D eigenvalue weighted by atomic mass is 16.5. The summed E-state index contributed by atoms with van der Waals surface area (Å²) in [4.78, 5) is 0. The monoisotopic (exact) mass is 258 g/mol. The Balaban J connectivity index is 1.73. The second kappa shape index (κ2) is 4.70. The number of benzene rings is 1. The summed E-state index contributed by atoms with van der Waals surface area (Å²) in [6.07, 6.45) is 1.45. The van der Waals surface area contributed by atoms with Gasteiger partial charge >= 0.3 is 0 Å². The summed E-state index contributed by atoms with van der Waals surface area (Å²) in [5.41, 5.74) is 4.30. The molecule has 1 aromatic carbocycles. The number of aliphatic hydroxyl groups excluding tert-OH is 1. The van der Waals surface area contributed by atoms with E-state index in [-0.39, 0.29) is 6.10 Å². The zero-order valence-corrected chi connectivity index (χ0v) is 11.3. The van der Waals surface area contributed by atoms with Crippen molar-refractivity contribution in [3.8, 4) is 5.75 Å². The third-order valence-electron chi connectivity index (χ3n) is 3.65. The van der Waals surface area contributed by atoms with E-state index in [1.165, 1.54) is 5.56 Å². The van der Waals surface area contributed by atoms with Gasteiger partial charge < -0.3 is 9.84 Å². The molecule has 1 N–H and O–H groups in total. The molecular formula is C15H18N2O2. The molecule has 1 unspecified atom stereocenters. The molecule has 19 heavy (non-hydrogen) atoms. The fraction of sp³-hybridized carbons (Fsp3) is 0.400. The van der Waals surface area contributed by atoms with Crippen LogP contribution in [0.4, 0.5) is 0 Å². The molecule has 2 aromatic rings. The SMILES string of the molecule is Cc1cc(COc2ccc3c(c2)CCC3O)n(C)n1. The minimum atomic E-state index is -0.302. The van der Waals surface area contributed by atoms with Crippen molar-refractivity contribution in [2.75, 3.05) is 0 Å². The average molecular weight is 258 g/mol. The smallest absolute Gasteiger partial charge is 0.130 e. The molecule has 100 valence electrons. The molecule has 1 atom stereocenters. The van der Waals surface area contributed by atoms with Gasteiger partial charge in [-0.15, -0.1) is 0 Å². The van der Waals surface area contributed by atoms with Crippen LogP contribution in [0.1, 0.15) is 35.0 Å². The molecule has 0 bridgehead atoms. The number of ether oxygens (including phenoxy) is 1. The Hall–Kier alpha value is -1.81. The van der Waals surface area contributed by atoms with Crippen LogP contribution in [0, 0.1) is 6.92 Å². The molecule has 1 aliphatic rings. The van der Waals surface area contributed by atoms with Crippen LogP contribution in [0.15, 0.2) is 24.3 Å². The lowest BCUT2D eigenvalue weighted by molar-refractivity contribution is 0.180. The van der Waals surface area contributed by atoms with E-state index in [1.807, 2.05) is 42.9 Å². The predicted octanol–water partition coefficient (Wildman–Crippen LogP) is 2.29. The number of aromatic nitrogens is 2. The van der Waals surface area contributed by atoms with Gasteiger partial charge in [-0.1, -0.05) is 6.07 Å². The van der Waals surface area contributed by atoms with E-state index >= 15 is 0 Å². The number of rotatable bonds is 3. The number of fused-ring (bicyclic) bond motifs is 1. The molecule has 1 heterocycles. The standard InChI is InChI=1S/C15H18N2O2/c1-10-7-12(17(2)16-10)9-19-13-4-5-14-11(8-13)3-6-15(14)18/h4-5,7-8,15,18H,3,6,9H2,1-2H3. The number of aliphatic hydroxyl groups is 1. The van der Waals surface area contributed by atoms with Crippen molar-refractivity contribution < 1.29 is 9.84 Å². The normalized spacial score (nSPS) is 17.5. The van der Waals surface area contributed by atoms with E-state index in [9.17, 15) is 5.11 Å². The van der Waals surface area contributed by atoms with Crippen molar-refractivity contribution in [1.82, 2.24) is 9.78 Å². The first-order chi connectivity index (χ1) is 9.13. The van der Waals surface area contributed by atoms with Crippen molar-refractivity contribution >= 4 is 0 Å². The maximum absolute atomic E-state index is 9.77. The van der Waals surface area contributed by atoms with Gasteiger partial charge in [-0.05, 0) is 49.1 Å². The van der Waals surface area contributed by atoms with Crippen LogP contribution in [0.3, 0.4) is 0 Å². The highest BCUT2D eigenvalue weighted by molar-refractivity contribution is 5.39. The fourth-order valence-corrected chi connectivity index (χ4v) is 2.62. The zero-order valence-electron chi connectivity index (χ0n) is 11.3. The Labute approximate surface area is 112 Å². The molecule has 4 nitrogen and oxygen atoms in total. The topological polar surface area (TPSA) is 47.3 Å². The lowest BCUT2D eigenvalue weighted by atomic mass is 10.1. The molecule has 0 aliphatic heterocycles. The van der Waals surface area contributed by atoms with Crippen LogP contribution in [0.25, 0.3) is 0 Å². The minimum absolute atomic E-state index is 0.302. The quantitative estimate of drug-likeness (QED) is 0.918. The van der Waals surface area contributed by atoms with Gasteiger partial charge in [0, 0.05) is 7.05 Å². The molecule has 1 aliphatic carbocycles. The second-order valence-electron chi connectivity index (χ2n) is 5.10. The lowest BCUT2D eigenvalue weighted by Gasteiger charge is -2.09. The van der Waals surface area contributed by atoms with Crippen molar-refractivity contribution in [3.05, 3.63) is 46.8 Å². The van der Waals surface area contributed by atoms with Crippen molar-refractivity contribution in [2.45, 2.75) is 32.5 Å². The Morgan fingerprint density at radius 3 is 3.00 bits per heavy atom. The van der Waals surface area contributed by atoms with Crippen LogP contribution >= 0.6 is 0 Å². The molecule has 0 saturated carbocycles. The van der Waals surface area contributed by atoms with Crippen LogP contribution in [0.2, 0.25) is 0 Å². The van der Waals surface area contributed by atoms with Crippen LogP contribution in [-0.4, -0.2) is 14.9 Å². The molecule has 1 aromatic heterocycles. The first-order valence-corrected chi connectivity index (χ1v) is 6.56. The number of aryl methyl sites for hydroxylation is 3. The van der Waals surface area contributed by atoms with Crippen LogP contribution in [-0.2, 0) is 20.1 Å². The summed E-state index contributed by atoms with van der Waals surface area (Å²) >= 11 is 0.